The van der Waals surface area contributed by atoms with Gasteiger partial charge in [-0.05, 0) is 108 Å². The Morgan fingerprint density at radius 1 is 0.379 bits per heavy atom. The molecule has 0 spiro atoms. The van der Waals surface area contributed by atoms with E-state index in [0.29, 0.717) is 5.92 Å². The Morgan fingerprint density at radius 3 is 1.41 bits per heavy atom. The summed E-state index contributed by atoms with van der Waals surface area (Å²) in [6, 6.07) is 71.4. The molecule has 2 aromatic heterocycles. The molecule has 0 unspecified atom stereocenters. The molecule has 10 aromatic rings. The average Bonchev–Trinajstić information content (AvgIpc) is 3.78. The number of fused-ring (bicyclic) bond motifs is 6. The predicted molar refractivity (Wildman–Crippen MR) is 250 cm³/mol. The molecule has 0 aliphatic rings. The second-order valence-electron chi connectivity index (χ2n) is 15.5. The van der Waals surface area contributed by atoms with E-state index in [1.807, 2.05) is 0 Å². The first-order valence-electron chi connectivity index (χ1n) is 20.2. The zero-order chi connectivity index (χ0) is 39.6. The maximum atomic E-state index is 2.46. The number of aromatic nitrogens is 2. The van der Waals surface area contributed by atoms with Crippen LogP contribution in [0, 0.1) is 5.92 Å². The Morgan fingerprint density at radius 2 is 0.828 bits per heavy atom. The van der Waals surface area contributed by atoms with Gasteiger partial charge in [-0.1, -0.05) is 123 Å². The number of rotatable bonds is 8. The van der Waals surface area contributed by atoms with E-state index in [0.717, 1.165) is 6.54 Å². The molecule has 10 rings (SSSR count). The van der Waals surface area contributed by atoms with Crippen LogP contribution in [0.3, 0.4) is 0 Å². The zero-order valence-electron chi connectivity index (χ0n) is 33.6. The van der Waals surface area contributed by atoms with Crippen LogP contribution < -0.4 is 9.80 Å². The number of anilines is 4. The molecular weight excluding hydrogens is 705 g/mol. The maximum Gasteiger partial charge on any atom is 0.0542 e. The fourth-order valence-electron chi connectivity index (χ4n) is 8.30. The SMILES string of the molecule is CC(C)Cn1c2ccccc2c2cc(N(C)c3ccccc3)ccc21.CN(c1ccccc1)c1ccc2c(c1)c1cc(-c3ccccc3)ccc1n2-c1ccccc1. The Bertz CT molecular complexity index is 2960. The van der Waals surface area contributed by atoms with Crippen molar-refractivity contribution in [2.75, 3.05) is 23.9 Å². The van der Waals surface area contributed by atoms with Crippen LogP contribution >= 0.6 is 0 Å². The minimum Gasteiger partial charge on any atom is -0.345 e. The normalized spacial score (nSPS) is 11.3. The van der Waals surface area contributed by atoms with E-state index in [-0.39, 0.29) is 0 Å². The molecule has 0 amide bonds. The van der Waals surface area contributed by atoms with Crippen molar-refractivity contribution < 1.29 is 0 Å². The van der Waals surface area contributed by atoms with Crippen molar-refractivity contribution >= 4 is 66.4 Å². The lowest BCUT2D eigenvalue weighted by Gasteiger charge is -2.20. The molecule has 0 atom stereocenters. The van der Waals surface area contributed by atoms with E-state index < -0.39 is 0 Å². The predicted octanol–water partition coefficient (Wildman–Crippen LogP) is 14.4. The first kappa shape index (κ1) is 36.6. The number of nitrogens with zero attached hydrogens (tertiary/aromatic N) is 4. The van der Waals surface area contributed by atoms with E-state index in [2.05, 4.69) is 247 Å². The van der Waals surface area contributed by atoms with Crippen LogP contribution in [0.1, 0.15) is 13.8 Å². The van der Waals surface area contributed by atoms with Crippen molar-refractivity contribution in [2.24, 2.45) is 5.92 Å². The minimum atomic E-state index is 0.616. The van der Waals surface area contributed by atoms with Crippen LogP contribution in [0.2, 0.25) is 0 Å². The van der Waals surface area contributed by atoms with Gasteiger partial charge in [0.2, 0.25) is 0 Å². The van der Waals surface area contributed by atoms with E-state index in [1.165, 1.54) is 83.2 Å². The third-order valence-corrected chi connectivity index (χ3v) is 11.2. The van der Waals surface area contributed by atoms with Gasteiger partial charge in [0, 0.05) is 81.7 Å². The summed E-state index contributed by atoms with van der Waals surface area (Å²) >= 11 is 0. The van der Waals surface area contributed by atoms with Gasteiger partial charge in [-0.15, -0.1) is 0 Å². The van der Waals surface area contributed by atoms with Gasteiger partial charge in [-0.3, -0.25) is 0 Å². The molecule has 0 saturated heterocycles. The van der Waals surface area contributed by atoms with Crippen molar-refractivity contribution in [1.29, 1.82) is 0 Å². The van der Waals surface area contributed by atoms with Gasteiger partial charge >= 0.3 is 0 Å². The highest BCUT2D eigenvalue weighted by atomic mass is 15.1. The number of hydrogen-bond donors (Lipinski definition) is 0. The molecule has 0 saturated carbocycles. The van der Waals surface area contributed by atoms with Crippen LogP contribution in [0.15, 0.2) is 200 Å². The van der Waals surface area contributed by atoms with Crippen LogP contribution in [0.25, 0.3) is 60.4 Å². The number of para-hydroxylation sites is 4. The van der Waals surface area contributed by atoms with Crippen LogP contribution in [0.4, 0.5) is 22.7 Å². The molecule has 4 nitrogen and oxygen atoms in total. The van der Waals surface area contributed by atoms with Crippen molar-refractivity contribution in [3.05, 3.63) is 200 Å². The summed E-state index contributed by atoms with van der Waals surface area (Å²) in [5.41, 5.74) is 13.5. The quantitative estimate of drug-likeness (QED) is 0.154. The Hall–Kier alpha value is -7.04. The van der Waals surface area contributed by atoms with E-state index in [4.69, 9.17) is 0 Å². The highest BCUT2D eigenvalue weighted by Crippen LogP contribution is 2.38. The molecule has 0 aliphatic carbocycles. The molecule has 0 N–H and O–H groups in total. The summed E-state index contributed by atoms with van der Waals surface area (Å²) in [5.74, 6) is 0.616. The van der Waals surface area contributed by atoms with E-state index >= 15 is 0 Å². The zero-order valence-corrected chi connectivity index (χ0v) is 33.6. The second-order valence-corrected chi connectivity index (χ2v) is 15.5. The lowest BCUT2D eigenvalue weighted by Crippen LogP contribution is -2.09. The highest BCUT2D eigenvalue weighted by molar-refractivity contribution is 6.12. The maximum absolute atomic E-state index is 2.46. The summed E-state index contributed by atoms with van der Waals surface area (Å²) in [6.07, 6.45) is 0. The lowest BCUT2D eigenvalue weighted by atomic mass is 10.0. The monoisotopic (exact) mass is 752 g/mol. The second kappa shape index (κ2) is 15.8. The van der Waals surface area contributed by atoms with Crippen molar-refractivity contribution in [3.8, 4) is 16.8 Å². The molecule has 0 bridgehead atoms. The van der Waals surface area contributed by atoms with Gasteiger partial charge in [-0.2, -0.15) is 0 Å². The number of hydrogen-bond acceptors (Lipinski definition) is 2. The molecular formula is C54H48N4. The molecule has 0 fully saturated rings. The highest BCUT2D eigenvalue weighted by Gasteiger charge is 2.16. The fourth-order valence-corrected chi connectivity index (χ4v) is 8.30. The summed E-state index contributed by atoms with van der Waals surface area (Å²) in [4.78, 5) is 4.49. The van der Waals surface area contributed by atoms with Gasteiger partial charge in [0.15, 0.2) is 0 Å². The molecule has 0 radical (unpaired) electrons. The van der Waals surface area contributed by atoms with Gasteiger partial charge < -0.3 is 18.9 Å². The topological polar surface area (TPSA) is 16.3 Å². The lowest BCUT2D eigenvalue weighted by molar-refractivity contribution is 0.545. The molecule has 0 aliphatic heterocycles. The van der Waals surface area contributed by atoms with Crippen molar-refractivity contribution in [1.82, 2.24) is 9.13 Å². The molecule has 8 aromatic carbocycles. The fraction of sp³-hybridized carbons (Fsp3) is 0.111. The van der Waals surface area contributed by atoms with Gasteiger partial charge in [0.05, 0.1) is 11.0 Å². The summed E-state index contributed by atoms with van der Waals surface area (Å²) in [6.45, 7) is 5.59. The van der Waals surface area contributed by atoms with Crippen LogP contribution in [-0.2, 0) is 6.54 Å². The Labute approximate surface area is 341 Å². The largest absolute Gasteiger partial charge is 0.345 e. The third kappa shape index (κ3) is 6.99. The summed E-state index contributed by atoms with van der Waals surface area (Å²) < 4.78 is 4.83. The van der Waals surface area contributed by atoms with Crippen molar-refractivity contribution in [3.63, 3.8) is 0 Å². The third-order valence-electron chi connectivity index (χ3n) is 11.2. The first-order valence-corrected chi connectivity index (χ1v) is 20.2. The minimum absolute atomic E-state index is 0.616. The van der Waals surface area contributed by atoms with E-state index in [1.54, 1.807) is 0 Å². The van der Waals surface area contributed by atoms with Crippen LogP contribution in [-0.4, -0.2) is 23.2 Å². The van der Waals surface area contributed by atoms with Gasteiger partial charge in [0.25, 0.3) is 0 Å². The molecule has 284 valence electrons. The Balaban J connectivity index is 0.000000156. The molecule has 4 heteroatoms. The Kier molecular flexibility index (Phi) is 9.99. The smallest absolute Gasteiger partial charge is 0.0542 e. The first-order chi connectivity index (χ1) is 28.4. The van der Waals surface area contributed by atoms with Crippen molar-refractivity contribution in [2.45, 2.75) is 20.4 Å². The van der Waals surface area contributed by atoms with Gasteiger partial charge in [0.1, 0.15) is 0 Å². The molecule has 58 heavy (non-hydrogen) atoms. The van der Waals surface area contributed by atoms with E-state index in [9.17, 15) is 0 Å². The van der Waals surface area contributed by atoms with Crippen LogP contribution in [0.5, 0.6) is 0 Å². The summed E-state index contributed by atoms with van der Waals surface area (Å²) in [5, 5.41) is 5.18. The number of benzene rings is 8. The summed E-state index contributed by atoms with van der Waals surface area (Å²) in [7, 11) is 4.26. The average molecular weight is 753 g/mol. The van der Waals surface area contributed by atoms with Gasteiger partial charge in [-0.25, -0.2) is 0 Å². The standard InChI is InChI=1S/C31H24N2.C23H24N2/c1-32(25-13-7-3-8-14-25)27-18-20-31-29(22-27)28-21-24(23-11-5-2-6-12-23)17-19-30(28)33(31)26-15-9-4-10-16-26;1-17(2)16-25-22-12-8-7-11-20(22)21-15-19(13-14-23(21)25)24(3)18-9-5-4-6-10-18/h2-22H,1H3;4-15,17H,16H2,1-3H3. The molecule has 2 heterocycles.